The second-order valence-corrected chi connectivity index (χ2v) is 2.45. The zero-order chi connectivity index (χ0) is 9.52. The van der Waals surface area contributed by atoms with Gasteiger partial charge in [-0.3, -0.25) is 4.98 Å². The number of nitrogens with zero attached hydrogens (tertiary/aromatic N) is 1. The van der Waals surface area contributed by atoms with E-state index in [1.807, 2.05) is 26.0 Å². The minimum Gasteiger partial charge on any atom is -0.349 e. The lowest BCUT2D eigenvalue weighted by atomic mass is 10.3. The molecule has 1 aromatic rings. The first-order chi connectivity index (χ1) is 6.38. The first-order valence-corrected chi connectivity index (χ1v) is 4.44. The molecule has 0 spiro atoms. The van der Waals surface area contributed by atoms with Gasteiger partial charge in [-0.05, 0) is 19.9 Å². The minimum absolute atomic E-state index is 0.330. The van der Waals surface area contributed by atoms with E-state index in [1.165, 1.54) is 0 Å². The summed E-state index contributed by atoms with van der Waals surface area (Å²) in [5, 5.41) is 0. The number of aromatic nitrogens is 1. The van der Waals surface area contributed by atoms with Crippen LogP contribution in [0.2, 0.25) is 0 Å². The number of ether oxygens (including phenoxy) is 2. The van der Waals surface area contributed by atoms with E-state index in [-0.39, 0.29) is 6.29 Å². The molecule has 1 aromatic heterocycles. The molecular formula is C10H14NO2. The molecule has 3 heteroatoms. The molecule has 0 aliphatic carbocycles. The van der Waals surface area contributed by atoms with Crippen LogP contribution < -0.4 is 0 Å². The zero-order valence-corrected chi connectivity index (χ0v) is 7.99. The molecule has 0 N–H and O–H groups in total. The van der Waals surface area contributed by atoms with Crippen molar-refractivity contribution >= 4 is 0 Å². The molecule has 0 aromatic carbocycles. The van der Waals surface area contributed by atoms with E-state index in [0.717, 1.165) is 5.56 Å². The van der Waals surface area contributed by atoms with Crippen LogP contribution in [0.4, 0.5) is 0 Å². The molecule has 0 bridgehead atoms. The molecule has 1 rings (SSSR count). The average molecular weight is 180 g/mol. The van der Waals surface area contributed by atoms with Gasteiger partial charge in [-0.2, -0.15) is 0 Å². The Morgan fingerprint density at radius 2 is 2.08 bits per heavy atom. The Balaban J connectivity index is 2.64. The largest absolute Gasteiger partial charge is 0.349 e. The molecular weight excluding hydrogens is 166 g/mol. The van der Waals surface area contributed by atoms with Crippen LogP contribution in [0.3, 0.4) is 0 Å². The first kappa shape index (κ1) is 10.2. The van der Waals surface area contributed by atoms with Crippen LogP contribution in [0.25, 0.3) is 0 Å². The van der Waals surface area contributed by atoms with Gasteiger partial charge in [0.05, 0.1) is 6.20 Å². The maximum absolute atomic E-state index is 5.37. The second-order valence-electron chi connectivity index (χ2n) is 2.45. The third-order valence-electron chi connectivity index (χ3n) is 1.52. The lowest BCUT2D eigenvalue weighted by Gasteiger charge is -2.15. The topological polar surface area (TPSA) is 31.4 Å². The highest BCUT2D eigenvalue weighted by molar-refractivity contribution is 5.08. The van der Waals surface area contributed by atoms with Crippen molar-refractivity contribution in [2.24, 2.45) is 0 Å². The van der Waals surface area contributed by atoms with Gasteiger partial charge in [-0.25, -0.2) is 0 Å². The van der Waals surface area contributed by atoms with Crippen molar-refractivity contribution in [2.45, 2.75) is 20.1 Å². The van der Waals surface area contributed by atoms with Gasteiger partial charge in [-0.1, -0.05) is 6.07 Å². The molecule has 71 valence electrons. The van der Waals surface area contributed by atoms with E-state index in [4.69, 9.17) is 9.47 Å². The molecule has 13 heavy (non-hydrogen) atoms. The molecule has 0 saturated heterocycles. The molecule has 3 nitrogen and oxygen atoms in total. The fraction of sp³-hybridized carbons (Fsp3) is 0.500. The third kappa shape index (κ3) is 3.13. The molecule has 0 aliphatic heterocycles. The van der Waals surface area contributed by atoms with Crippen LogP contribution in [-0.4, -0.2) is 18.2 Å². The Bertz CT molecular complexity index is 220. The molecule has 0 aliphatic rings. The maximum Gasteiger partial charge on any atom is 0.185 e. The first-order valence-electron chi connectivity index (χ1n) is 4.44. The summed E-state index contributed by atoms with van der Waals surface area (Å²) in [5.41, 5.74) is 0.839. The van der Waals surface area contributed by atoms with Gasteiger partial charge in [0.2, 0.25) is 0 Å². The fourth-order valence-corrected chi connectivity index (χ4v) is 1.00. The number of hydrogen-bond donors (Lipinski definition) is 0. The van der Waals surface area contributed by atoms with Gasteiger partial charge < -0.3 is 9.47 Å². The molecule has 0 saturated carbocycles. The SMILES string of the molecule is CCOC(OCC)c1[c]nccc1. The predicted octanol–water partition coefficient (Wildman–Crippen LogP) is 1.95. The van der Waals surface area contributed by atoms with E-state index in [2.05, 4.69) is 11.2 Å². The van der Waals surface area contributed by atoms with E-state index in [9.17, 15) is 0 Å². The van der Waals surface area contributed by atoms with Gasteiger partial charge in [0.25, 0.3) is 0 Å². The van der Waals surface area contributed by atoms with E-state index in [1.54, 1.807) is 6.20 Å². The van der Waals surface area contributed by atoms with Crippen molar-refractivity contribution < 1.29 is 9.47 Å². The highest BCUT2D eigenvalue weighted by atomic mass is 16.7. The Kier molecular flexibility index (Phi) is 4.43. The molecule has 0 unspecified atom stereocenters. The Labute approximate surface area is 78.7 Å². The summed E-state index contributed by atoms with van der Waals surface area (Å²) in [4.78, 5) is 3.89. The van der Waals surface area contributed by atoms with Gasteiger partial charge in [-0.15, -0.1) is 0 Å². The number of hydrogen-bond acceptors (Lipinski definition) is 3. The van der Waals surface area contributed by atoms with Crippen molar-refractivity contribution in [1.82, 2.24) is 4.98 Å². The Morgan fingerprint density at radius 1 is 1.38 bits per heavy atom. The van der Waals surface area contributed by atoms with Crippen LogP contribution in [-0.2, 0) is 9.47 Å². The molecule has 0 fully saturated rings. The Hall–Kier alpha value is -0.930. The second kappa shape index (κ2) is 5.67. The number of rotatable bonds is 5. The van der Waals surface area contributed by atoms with E-state index < -0.39 is 0 Å². The quantitative estimate of drug-likeness (QED) is 0.649. The third-order valence-corrected chi connectivity index (χ3v) is 1.52. The summed E-state index contributed by atoms with van der Waals surface area (Å²) in [6, 6.07) is 3.74. The maximum atomic E-state index is 5.37. The lowest BCUT2D eigenvalue weighted by Crippen LogP contribution is -2.09. The summed E-state index contributed by atoms with van der Waals surface area (Å²) in [7, 11) is 0. The van der Waals surface area contributed by atoms with Gasteiger partial charge in [0.15, 0.2) is 6.29 Å². The lowest BCUT2D eigenvalue weighted by molar-refractivity contribution is -0.140. The smallest absolute Gasteiger partial charge is 0.185 e. The van der Waals surface area contributed by atoms with E-state index in [0.29, 0.717) is 13.2 Å². The highest BCUT2D eigenvalue weighted by Gasteiger charge is 2.10. The van der Waals surface area contributed by atoms with Crippen LogP contribution in [0, 0.1) is 6.20 Å². The highest BCUT2D eigenvalue weighted by Crippen LogP contribution is 2.16. The van der Waals surface area contributed by atoms with Crippen LogP contribution >= 0.6 is 0 Å². The summed E-state index contributed by atoms with van der Waals surface area (Å²) < 4.78 is 10.7. The molecule has 1 heterocycles. The average Bonchev–Trinajstić information content (AvgIpc) is 2.19. The van der Waals surface area contributed by atoms with Crippen molar-refractivity contribution in [3.05, 3.63) is 30.1 Å². The molecule has 1 radical (unpaired) electrons. The summed E-state index contributed by atoms with van der Waals surface area (Å²) >= 11 is 0. The molecule has 0 atom stereocenters. The predicted molar refractivity (Wildman–Crippen MR) is 49.1 cm³/mol. The normalized spacial score (nSPS) is 10.7. The van der Waals surface area contributed by atoms with Crippen molar-refractivity contribution in [3.63, 3.8) is 0 Å². The standard InChI is InChI=1S/C10H14NO2/c1-3-12-10(13-4-2)9-6-5-7-11-8-9/h5-7,10H,3-4H2,1-2H3. The summed E-state index contributed by atoms with van der Waals surface area (Å²) in [5.74, 6) is 0. The zero-order valence-electron chi connectivity index (χ0n) is 7.99. The minimum atomic E-state index is -0.330. The number of pyridine rings is 1. The van der Waals surface area contributed by atoms with Crippen molar-refractivity contribution in [1.29, 1.82) is 0 Å². The molecule has 0 amide bonds. The van der Waals surface area contributed by atoms with Crippen molar-refractivity contribution in [2.75, 3.05) is 13.2 Å². The van der Waals surface area contributed by atoms with Crippen LogP contribution in [0.5, 0.6) is 0 Å². The Morgan fingerprint density at radius 3 is 2.54 bits per heavy atom. The summed E-state index contributed by atoms with van der Waals surface area (Å²) in [6.45, 7) is 5.10. The van der Waals surface area contributed by atoms with E-state index >= 15 is 0 Å². The van der Waals surface area contributed by atoms with Gasteiger partial charge in [0.1, 0.15) is 0 Å². The monoisotopic (exact) mass is 180 g/mol. The van der Waals surface area contributed by atoms with Gasteiger partial charge in [0, 0.05) is 25.0 Å². The van der Waals surface area contributed by atoms with Crippen LogP contribution in [0.15, 0.2) is 18.3 Å². The summed E-state index contributed by atoms with van der Waals surface area (Å²) in [6.07, 6.45) is 4.19. The van der Waals surface area contributed by atoms with Crippen molar-refractivity contribution in [3.8, 4) is 0 Å². The van der Waals surface area contributed by atoms with Gasteiger partial charge >= 0.3 is 0 Å². The fourth-order valence-electron chi connectivity index (χ4n) is 1.00. The van der Waals surface area contributed by atoms with Crippen LogP contribution in [0.1, 0.15) is 25.7 Å².